The summed E-state index contributed by atoms with van der Waals surface area (Å²) in [7, 11) is -2.23. The van der Waals surface area contributed by atoms with E-state index in [9.17, 15) is 22.0 Å². The number of hydrogen-bond acceptors (Lipinski definition) is 4. The smallest absolute Gasteiger partial charge is 0.262 e. The molecule has 0 aliphatic carbocycles. The van der Waals surface area contributed by atoms with E-state index in [2.05, 4.69) is 10.3 Å². The number of aryl methyl sites for hydroxylation is 1. The van der Waals surface area contributed by atoms with Crippen LogP contribution in [0.4, 0.5) is 8.78 Å². The minimum Gasteiger partial charge on any atom is -0.352 e. The average Bonchev–Trinajstić information content (AvgIpc) is 3.41. The van der Waals surface area contributed by atoms with Gasteiger partial charge >= 0.3 is 0 Å². The molecule has 1 aliphatic rings. The molecule has 168 valence electrons. The van der Waals surface area contributed by atoms with Gasteiger partial charge in [-0.05, 0) is 35.4 Å². The summed E-state index contributed by atoms with van der Waals surface area (Å²) in [4.78, 5) is 17.0. The first-order valence-corrected chi connectivity index (χ1v) is 11.4. The molecule has 7 nitrogen and oxygen atoms in total. The molecule has 1 amide bonds. The van der Waals surface area contributed by atoms with E-state index in [0.717, 1.165) is 0 Å². The van der Waals surface area contributed by atoms with E-state index in [-0.39, 0.29) is 36.4 Å². The highest BCUT2D eigenvalue weighted by Gasteiger charge is 2.44. The molecule has 1 fully saturated rings. The van der Waals surface area contributed by atoms with Gasteiger partial charge < -0.3 is 9.88 Å². The lowest BCUT2D eigenvalue weighted by Gasteiger charge is -2.18. The van der Waals surface area contributed by atoms with Crippen LogP contribution in [0.5, 0.6) is 0 Å². The van der Waals surface area contributed by atoms with Gasteiger partial charge in [-0.15, -0.1) is 0 Å². The maximum atomic E-state index is 13.4. The van der Waals surface area contributed by atoms with Gasteiger partial charge in [0.1, 0.15) is 11.6 Å². The van der Waals surface area contributed by atoms with Crippen molar-refractivity contribution in [3.63, 3.8) is 0 Å². The van der Waals surface area contributed by atoms with Crippen LogP contribution in [0.1, 0.15) is 17.0 Å². The first-order chi connectivity index (χ1) is 15.2. The lowest BCUT2D eigenvalue weighted by Crippen LogP contribution is -2.35. The second-order valence-electron chi connectivity index (χ2n) is 7.81. The van der Waals surface area contributed by atoms with Gasteiger partial charge in [-0.1, -0.05) is 24.3 Å². The first-order valence-electron chi connectivity index (χ1n) is 10.00. The number of nitrogens with one attached hydrogen (secondary N) is 1. The number of rotatable bonds is 6. The van der Waals surface area contributed by atoms with Crippen LogP contribution >= 0.6 is 0 Å². The summed E-state index contributed by atoms with van der Waals surface area (Å²) in [5, 5.41) is 2.72. The van der Waals surface area contributed by atoms with Crippen LogP contribution in [0.2, 0.25) is 0 Å². The monoisotopic (exact) mass is 460 g/mol. The Bertz CT molecular complexity index is 1210. The molecule has 1 aromatic heterocycles. The summed E-state index contributed by atoms with van der Waals surface area (Å²) in [6, 6.07) is 11.5. The summed E-state index contributed by atoms with van der Waals surface area (Å²) in [6.07, 6.45) is 2.80. The Morgan fingerprint density at radius 1 is 1.06 bits per heavy atom. The first kappa shape index (κ1) is 22.1. The highest BCUT2D eigenvalue weighted by atomic mass is 32.2. The van der Waals surface area contributed by atoms with E-state index in [1.54, 1.807) is 31.3 Å². The number of amides is 1. The summed E-state index contributed by atoms with van der Waals surface area (Å²) in [5.74, 6) is -2.26. The molecule has 3 aromatic rings. The van der Waals surface area contributed by atoms with Crippen molar-refractivity contribution < 1.29 is 22.0 Å². The van der Waals surface area contributed by atoms with Crippen LogP contribution in [0.15, 0.2) is 66.1 Å². The summed E-state index contributed by atoms with van der Waals surface area (Å²) < 4.78 is 55.5. The highest BCUT2D eigenvalue weighted by molar-refractivity contribution is 7.89. The number of imidazole rings is 1. The summed E-state index contributed by atoms with van der Waals surface area (Å²) >= 11 is 0. The van der Waals surface area contributed by atoms with Crippen LogP contribution in [0.25, 0.3) is 0 Å². The topological polar surface area (TPSA) is 84.3 Å². The molecule has 4 rings (SSSR count). The van der Waals surface area contributed by atoms with Crippen LogP contribution in [0, 0.1) is 17.6 Å². The zero-order chi connectivity index (χ0) is 22.9. The standard InChI is InChI=1S/C22H22F2N4O3S/c1-27-13-21(26-14-27)32(30,31)28-11-19(16-4-8-18(24)9-5-16)20(12-28)22(29)25-10-15-2-6-17(23)7-3-15/h2-9,13-14,19-20H,10-12H2,1H3,(H,25,29)/t19-,20+/m1/s1. The van der Waals surface area contributed by atoms with Crippen LogP contribution in [-0.4, -0.2) is 41.3 Å². The number of aromatic nitrogens is 2. The third-order valence-electron chi connectivity index (χ3n) is 5.59. The number of hydrogen-bond donors (Lipinski definition) is 1. The zero-order valence-electron chi connectivity index (χ0n) is 17.3. The number of sulfonamides is 1. The van der Waals surface area contributed by atoms with Crippen molar-refractivity contribution in [1.82, 2.24) is 19.2 Å². The molecule has 2 atom stereocenters. The van der Waals surface area contributed by atoms with Gasteiger partial charge in [-0.25, -0.2) is 22.2 Å². The Balaban J connectivity index is 1.57. The Hall–Kier alpha value is -3.11. The Morgan fingerprint density at radius 2 is 1.69 bits per heavy atom. The molecule has 2 aromatic carbocycles. The Kier molecular flexibility index (Phi) is 6.07. The molecule has 0 bridgehead atoms. The van der Waals surface area contributed by atoms with Crippen LogP contribution in [0.3, 0.4) is 0 Å². The van der Waals surface area contributed by atoms with Gasteiger partial charge in [-0.3, -0.25) is 4.79 Å². The number of carbonyl (C=O) groups is 1. The Labute approximate surface area is 184 Å². The third kappa shape index (κ3) is 4.56. The predicted molar refractivity (Wildman–Crippen MR) is 113 cm³/mol. The normalized spacial score (nSPS) is 19.2. The molecule has 0 unspecified atom stereocenters. The van der Waals surface area contributed by atoms with E-state index in [1.165, 1.54) is 45.7 Å². The fourth-order valence-corrected chi connectivity index (χ4v) is 5.31. The molecule has 2 heterocycles. The molecule has 10 heteroatoms. The molecule has 1 N–H and O–H groups in total. The van der Waals surface area contributed by atoms with Crippen molar-refractivity contribution in [3.05, 3.63) is 83.8 Å². The maximum Gasteiger partial charge on any atom is 0.262 e. The van der Waals surface area contributed by atoms with Crippen molar-refractivity contribution >= 4 is 15.9 Å². The van der Waals surface area contributed by atoms with Gasteiger partial charge in [0.2, 0.25) is 5.91 Å². The van der Waals surface area contributed by atoms with Crippen LogP contribution in [-0.2, 0) is 28.4 Å². The van der Waals surface area contributed by atoms with Crippen molar-refractivity contribution in [2.75, 3.05) is 13.1 Å². The van der Waals surface area contributed by atoms with Crippen molar-refractivity contribution in [2.45, 2.75) is 17.5 Å². The molecule has 1 saturated heterocycles. The highest BCUT2D eigenvalue weighted by Crippen LogP contribution is 2.35. The van der Waals surface area contributed by atoms with Crippen molar-refractivity contribution in [2.24, 2.45) is 13.0 Å². The number of halogens is 2. The van der Waals surface area contributed by atoms with Crippen molar-refractivity contribution in [1.29, 1.82) is 0 Å². The predicted octanol–water partition coefficient (Wildman–Crippen LogP) is 2.42. The third-order valence-corrected chi connectivity index (χ3v) is 7.30. The fourth-order valence-electron chi connectivity index (χ4n) is 3.85. The lowest BCUT2D eigenvalue weighted by molar-refractivity contribution is -0.125. The van der Waals surface area contributed by atoms with Gasteiger partial charge in [0.15, 0.2) is 5.03 Å². The molecule has 32 heavy (non-hydrogen) atoms. The molecule has 0 saturated carbocycles. The molecule has 1 aliphatic heterocycles. The van der Waals surface area contributed by atoms with Gasteiger partial charge in [0.05, 0.1) is 12.2 Å². The van der Waals surface area contributed by atoms with Crippen molar-refractivity contribution in [3.8, 4) is 0 Å². The van der Waals surface area contributed by atoms with E-state index in [4.69, 9.17) is 0 Å². The molecular weight excluding hydrogens is 438 g/mol. The number of nitrogens with zero attached hydrogens (tertiary/aromatic N) is 3. The Morgan fingerprint density at radius 3 is 2.28 bits per heavy atom. The zero-order valence-corrected chi connectivity index (χ0v) is 18.1. The summed E-state index contributed by atoms with van der Waals surface area (Å²) in [6.45, 7) is 0.216. The largest absolute Gasteiger partial charge is 0.352 e. The van der Waals surface area contributed by atoms with E-state index >= 15 is 0 Å². The van der Waals surface area contributed by atoms with Gasteiger partial charge in [0.25, 0.3) is 10.0 Å². The average molecular weight is 461 g/mol. The van der Waals surface area contributed by atoms with E-state index in [1.807, 2.05) is 0 Å². The SMILES string of the molecule is Cn1cnc(S(=O)(=O)N2C[C@H](C(=O)NCc3ccc(F)cc3)[C@@H](c3ccc(F)cc3)C2)c1. The van der Waals surface area contributed by atoms with Gasteiger partial charge in [-0.2, -0.15) is 4.31 Å². The second-order valence-corrected chi connectivity index (χ2v) is 9.69. The van der Waals surface area contributed by atoms with Crippen LogP contribution < -0.4 is 5.32 Å². The van der Waals surface area contributed by atoms with E-state index < -0.39 is 27.7 Å². The number of benzene rings is 2. The molecule has 0 spiro atoms. The quantitative estimate of drug-likeness (QED) is 0.612. The minimum absolute atomic E-state index is 0.0315. The fraction of sp³-hybridized carbons (Fsp3) is 0.273. The minimum atomic E-state index is -3.90. The number of carbonyl (C=O) groups excluding carboxylic acids is 1. The maximum absolute atomic E-state index is 13.4. The summed E-state index contributed by atoms with van der Waals surface area (Å²) in [5.41, 5.74) is 1.39. The van der Waals surface area contributed by atoms with E-state index in [0.29, 0.717) is 11.1 Å². The van der Waals surface area contributed by atoms with Gasteiger partial charge in [0, 0.05) is 38.8 Å². The second kappa shape index (κ2) is 8.79. The lowest BCUT2D eigenvalue weighted by atomic mass is 9.88. The molecule has 0 radical (unpaired) electrons. The molecular formula is C22H22F2N4O3S.